The van der Waals surface area contributed by atoms with Crippen molar-refractivity contribution in [2.75, 3.05) is 13.7 Å². The Balaban J connectivity index is 1.33. The third-order valence-corrected chi connectivity index (χ3v) is 7.22. The molecule has 0 spiro atoms. The molecule has 1 fully saturated rings. The summed E-state index contributed by atoms with van der Waals surface area (Å²) in [5.41, 5.74) is 3.50. The van der Waals surface area contributed by atoms with Crippen molar-refractivity contribution in [3.63, 3.8) is 0 Å². The molecule has 0 bridgehead atoms. The van der Waals surface area contributed by atoms with Crippen molar-refractivity contribution in [3.05, 3.63) is 72.2 Å². The van der Waals surface area contributed by atoms with Crippen LogP contribution in [0.5, 0.6) is 5.75 Å². The zero-order valence-electron chi connectivity index (χ0n) is 22.2. The minimum absolute atomic E-state index is 0.0710. The molecule has 5 rings (SSSR count). The summed E-state index contributed by atoms with van der Waals surface area (Å²) < 4.78 is 17.4. The number of aliphatic carboxylic acids is 1. The summed E-state index contributed by atoms with van der Waals surface area (Å²) in [5, 5.41) is 12.4. The second-order valence-electron chi connectivity index (χ2n) is 9.89. The van der Waals surface area contributed by atoms with Crippen LogP contribution in [0, 0.1) is 0 Å². The first-order chi connectivity index (χ1) is 19.4. The van der Waals surface area contributed by atoms with Gasteiger partial charge in [-0.2, -0.15) is 0 Å². The van der Waals surface area contributed by atoms with Gasteiger partial charge in [-0.15, -0.1) is 0 Å². The number of fused-ring (bicyclic) bond motifs is 1. The molecule has 2 heterocycles. The fourth-order valence-electron chi connectivity index (χ4n) is 5.14. The third-order valence-electron chi connectivity index (χ3n) is 7.22. The SMILES string of the molecule is COC(=O)COc1ccc(CC(NC(=O)c2ccc3c(c2)nc(-c2ccoc2)n3C2CCCCC2)C(=O)O)cc1. The van der Waals surface area contributed by atoms with E-state index in [0.717, 1.165) is 42.6 Å². The molecule has 2 aromatic heterocycles. The fourth-order valence-corrected chi connectivity index (χ4v) is 5.14. The van der Waals surface area contributed by atoms with E-state index in [9.17, 15) is 19.5 Å². The van der Waals surface area contributed by atoms with Gasteiger partial charge in [-0.3, -0.25) is 4.79 Å². The Morgan fingerprint density at radius 2 is 1.88 bits per heavy atom. The van der Waals surface area contributed by atoms with E-state index in [1.54, 1.807) is 48.9 Å². The highest BCUT2D eigenvalue weighted by atomic mass is 16.6. The van der Waals surface area contributed by atoms with Crippen LogP contribution in [0.15, 0.2) is 65.5 Å². The van der Waals surface area contributed by atoms with Crippen LogP contribution in [-0.4, -0.2) is 52.3 Å². The van der Waals surface area contributed by atoms with Gasteiger partial charge in [-0.25, -0.2) is 14.6 Å². The normalized spacial score (nSPS) is 14.5. The van der Waals surface area contributed by atoms with Crippen molar-refractivity contribution in [1.29, 1.82) is 0 Å². The van der Waals surface area contributed by atoms with E-state index in [2.05, 4.69) is 14.6 Å². The number of esters is 1. The maximum absolute atomic E-state index is 13.2. The molecule has 0 aliphatic heterocycles. The molecule has 40 heavy (non-hydrogen) atoms. The van der Waals surface area contributed by atoms with Crippen molar-refractivity contribution >= 4 is 28.9 Å². The van der Waals surface area contributed by atoms with E-state index in [4.69, 9.17) is 14.1 Å². The van der Waals surface area contributed by atoms with Gasteiger partial charge < -0.3 is 28.9 Å². The number of amides is 1. The van der Waals surface area contributed by atoms with Gasteiger partial charge in [0.1, 0.15) is 23.9 Å². The summed E-state index contributed by atoms with van der Waals surface area (Å²) >= 11 is 0. The number of carboxylic acid groups (broad SMARTS) is 1. The number of furan rings is 1. The first-order valence-electron chi connectivity index (χ1n) is 13.3. The highest BCUT2D eigenvalue weighted by molar-refractivity contribution is 5.99. The van der Waals surface area contributed by atoms with Gasteiger partial charge >= 0.3 is 11.9 Å². The first kappa shape index (κ1) is 27.0. The fraction of sp³-hybridized carbons (Fsp3) is 0.333. The van der Waals surface area contributed by atoms with Gasteiger partial charge in [0, 0.05) is 18.0 Å². The van der Waals surface area contributed by atoms with Crippen LogP contribution in [0.4, 0.5) is 0 Å². The number of methoxy groups -OCH3 is 1. The lowest BCUT2D eigenvalue weighted by Crippen LogP contribution is -2.42. The summed E-state index contributed by atoms with van der Waals surface area (Å²) in [6, 6.07) is 13.0. The minimum atomic E-state index is -1.15. The van der Waals surface area contributed by atoms with Crippen LogP contribution in [0.25, 0.3) is 22.4 Å². The zero-order chi connectivity index (χ0) is 28.1. The molecule has 1 aliphatic carbocycles. The molecule has 2 N–H and O–H groups in total. The van der Waals surface area contributed by atoms with E-state index >= 15 is 0 Å². The number of hydrogen-bond acceptors (Lipinski definition) is 7. The Morgan fingerprint density at radius 1 is 1.10 bits per heavy atom. The Morgan fingerprint density at radius 3 is 2.55 bits per heavy atom. The standard InChI is InChI=1S/C30H31N3O7/c1-38-27(34)18-40-23-10-7-19(8-11-23)15-25(30(36)37)32-29(35)20-9-12-26-24(16-20)31-28(21-13-14-39-17-21)33(26)22-5-3-2-4-6-22/h7-14,16-17,22,25H,2-6,15,18H2,1H3,(H,32,35)(H,36,37). The number of carboxylic acids is 1. The van der Waals surface area contributed by atoms with Crippen LogP contribution in [-0.2, 0) is 20.7 Å². The average Bonchev–Trinajstić information content (AvgIpc) is 3.64. The number of carbonyl (C=O) groups excluding carboxylic acids is 2. The molecular formula is C30H31N3O7. The number of rotatable bonds is 10. The summed E-state index contributed by atoms with van der Waals surface area (Å²) in [7, 11) is 1.27. The number of nitrogens with one attached hydrogen (secondary N) is 1. The van der Waals surface area contributed by atoms with Crippen molar-refractivity contribution < 1.29 is 33.4 Å². The minimum Gasteiger partial charge on any atom is -0.482 e. The molecule has 10 heteroatoms. The number of hydrogen-bond donors (Lipinski definition) is 2. The maximum Gasteiger partial charge on any atom is 0.343 e. The van der Waals surface area contributed by atoms with Crippen molar-refractivity contribution in [2.45, 2.75) is 50.6 Å². The van der Waals surface area contributed by atoms with E-state index in [1.165, 1.54) is 13.5 Å². The van der Waals surface area contributed by atoms with Gasteiger partial charge in [-0.1, -0.05) is 31.4 Å². The van der Waals surface area contributed by atoms with Crippen LogP contribution in [0.3, 0.4) is 0 Å². The van der Waals surface area contributed by atoms with E-state index < -0.39 is 23.9 Å². The number of carbonyl (C=O) groups is 3. The van der Waals surface area contributed by atoms with Gasteiger partial charge in [0.2, 0.25) is 0 Å². The summed E-state index contributed by atoms with van der Waals surface area (Å²) in [4.78, 5) is 41.3. The molecule has 10 nitrogen and oxygen atoms in total. The first-order valence-corrected chi connectivity index (χ1v) is 13.3. The number of ether oxygens (including phenoxy) is 2. The Kier molecular flexibility index (Phi) is 8.14. The van der Waals surface area contributed by atoms with Gasteiger partial charge in [-0.05, 0) is 54.8 Å². The maximum atomic E-state index is 13.2. The van der Waals surface area contributed by atoms with Crippen molar-refractivity contribution in [3.8, 4) is 17.1 Å². The molecule has 1 atom stereocenters. The highest BCUT2D eigenvalue weighted by Gasteiger charge is 2.25. The molecule has 1 saturated carbocycles. The van der Waals surface area contributed by atoms with Crippen LogP contribution >= 0.6 is 0 Å². The molecule has 0 saturated heterocycles. The quantitative estimate of drug-likeness (QED) is 0.272. The van der Waals surface area contributed by atoms with Crippen LogP contribution < -0.4 is 10.1 Å². The van der Waals surface area contributed by atoms with Gasteiger partial charge in [0.05, 0.1) is 30.0 Å². The molecule has 1 amide bonds. The molecule has 2 aromatic carbocycles. The topological polar surface area (TPSA) is 133 Å². The number of benzene rings is 2. The van der Waals surface area contributed by atoms with Crippen molar-refractivity contribution in [1.82, 2.24) is 14.9 Å². The Hall–Kier alpha value is -4.60. The predicted molar refractivity (Wildman–Crippen MR) is 146 cm³/mol. The average molecular weight is 546 g/mol. The summed E-state index contributed by atoms with van der Waals surface area (Å²) in [6.07, 6.45) is 9.05. The van der Waals surface area contributed by atoms with Crippen LogP contribution in [0.2, 0.25) is 0 Å². The lowest BCUT2D eigenvalue weighted by molar-refractivity contribution is -0.143. The summed E-state index contributed by atoms with van der Waals surface area (Å²) in [6.45, 7) is -0.226. The number of imidazole rings is 1. The predicted octanol–water partition coefficient (Wildman–Crippen LogP) is 4.78. The van der Waals surface area contributed by atoms with Crippen molar-refractivity contribution in [2.24, 2.45) is 0 Å². The van der Waals surface area contributed by atoms with E-state index in [0.29, 0.717) is 28.4 Å². The lowest BCUT2D eigenvalue weighted by Gasteiger charge is -2.25. The van der Waals surface area contributed by atoms with Gasteiger partial charge in [0.25, 0.3) is 5.91 Å². The monoisotopic (exact) mass is 545 g/mol. The van der Waals surface area contributed by atoms with E-state index in [-0.39, 0.29) is 13.0 Å². The largest absolute Gasteiger partial charge is 0.482 e. The molecular weight excluding hydrogens is 514 g/mol. The number of aromatic nitrogens is 2. The third kappa shape index (κ3) is 6.01. The second-order valence-corrected chi connectivity index (χ2v) is 9.89. The summed E-state index contributed by atoms with van der Waals surface area (Å²) in [5.74, 6) is -0.903. The zero-order valence-corrected chi connectivity index (χ0v) is 22.2. The van der Waals surface area contributed by atoms with E-state index in [1.807, 2.05) is 12.1 Å². The highest BCUT2D eigenvalue weighted by Crippen LogP contribution is 2.36. The van der Waals surface area contributed by atoms with Crippen LogP contribution in [0.1, 0.15) is 54.1 Å². The molecule has 208 valence electrons. The Labute approximate surface area is 230 Å². The lowest BCUT2D eigenvalue weighted by atomic mass is 9.95. The molecule has 0 radical (unpaired) electrons. The van der Waals surface area contributed by atoms with Gasteiger partial charge in [0.15, 0.2) is 6.61 Å². The number of nitrogens with zero attached hydrogens (tertiary/aromatic N) is 2. The molecule has 4 aromatic rings. The molecule has 1 aliphatic rings. The second kappa shape index (κ2) is 12.1. The molecule has 1 unspecified atom stereocenters. The smallest absolute Gasteiger partial charge is 0.343 e. The Bertz CT molecular complexity index is 1490.